The number of alkyl halides is 3. The van der Waals surface area contributed by atoms with Crippen molar-refractivity contribution >= 4 is 5.82 Å². The topological polar surface area (TPSA) is 55.6 Å². The molecule has 0 saturated carbocycles. The number of anilines is 1. The molecule has 0 amide bonds. The maximum absolute atomic E-state index is 12.5. The van der Waals surface area contributed by atoms with Crippen molar-refractivity contribution in [3.05, 3.63) is 29.8 Å². The number of nitrogens with one attached hydrogen (secondary N) is 1. The van der Waals surface area contributed by atoms with E-state index >= 15 is 0 Å². The van der Waals surface area contributed by atoms with Gasteiger partial charge in [0.05, 0.1) is 11.8 Å². The maximum Gasteiger partial charge on any atom is 0.419 e. The summed E-state index contributed by atoms with van der Waals surface area (Å²) in [4.78, 5) is 8.31. The van der Waals surface area contributed by atoms with Crippen molar-refractivity contribution in [2.24, 2.45) is 0 Å². The smallest absolute Gasteiger partial charge is 0.373 e. The van der Waals surface area contributed by atoms with Gasteiger partial charge in [-0.25, -0.2) is 14.6 Å². The minimum absolute atomic E-state index is 0.298. The van der Waals surface area contributed by atoms with Crippen molar-refractivity contribution in [3.63, 3.8) is 0 Å². The predicted octanol–water partition coefficient (Wildman–Crippen LogP) is 2.29. The van der Waals surface area contributed by atoms with Crippen molar-refractivity contribution in [3.8, 4) is 5.82 Å². The molecule has 2 aromatic rings. The number of aryl methyl sites for hydroxylation is 1. The van der Waals surface area contributed by atoms with E-state index in [1.807, 2.05) is 6.92 Å². The molecule has 0 aromatic carbocycles. The van der Waals surface area contributed by atoms with Gasteiger partial charge in [0, 0.05) is 25.7 Å². The first-order chi connectivity index (χ1) is 8.94. The van der Waals surface area contributed by atoms with Crippen LogP contribution in [-0.2, 0) is 12.6 Å². The van der Waals surface area contributed by atoms with Crippen LogP contribution in [0.3, 0.4) is 0 Å². The molecule has 102 valence electrons. The number of rotatable bonds is 3. The zero-order valence-electron chi connectivity index (χ0n) is 10.4. The minimum atomic E-state index is -4.41. The highest BCUT2D eigenvalue weighted by atomic mass is 19.4. The molecular weight excluding hydrogens is 259 g/mol. The van der Waals surface area contributed by atoms with E-state index in [-0.39, 0.29) is 0 Å². The van der Waals surface area contributed by atoms with Crippen LogP contribution in [-0.4, -0.2) is 26.8 Å². The second-order valence-corrected chi connectivity index (χ2v) is 3.80. The van der Waals surface area contributed by atoms with E-state index in [9.17, 15) is 13.2 Å². The Morgan fingerprint density at radius 1 is 1.32 bits per heavy atom. The van der Waals surface area contributed by atoms with Gasteiger partial charge in [0.15, 0.2) is 5.82 Å². The summed E-state index contributed by atoms with van der Waals surface area (Å²) in [5.74, 6) is 1.36. The molecule has 5 nitrogen and oxygen atoms in total. The fraction of sp³-hybridized carbons (Fsp3) is 0.364. The van der Waals surface area contributed by atoms with E-state index in [0.717, 1.165) is 17.1 Å². The third-order valence-electron chi connectivity index (χ3n) is 2.48. The van der Waals surface area contributed by atoms with Gasteiger partial charge in [-0.15, -0.1) is 0 Å². The normalized spacial score (nSPS) is 11.6. The zero-order valence-corrected chi connectivity index (χ0v) is 10.4. The molecule has 0 saturated heterocycles. The van der Waals surface area contributed by atoms with E-state index in [4.69, 9.17) is 0 Å². The molecule has 0 fully saturated rings. The third-order valence-corrected chi connectivity index (χ3v) is 2.48. The summed E-state index contributed by atoms with van der Waals surface area (Å²) in [6.07, 6.45) is -2.16. The Morgan fingerprint density at radius 2 is 2.05 bits per heavy atom. The first-order valence-electron chi connectivity index (χ1n) is 5.62. The van der Waals surface area contributed by atoms with Crippen LogP contribution in [0.1, 0.15) is 18.3 Å². The van der Waals surface area contributed by atoms with Gasteiger partial charge in [-0.3, -0.25) is 0 Å². The SMILES string of the molecule is CCc1nc(NC)cc(-n2cc(C(F)(F)F)cn2)n1. The van der Waals surface area contributed by atoms with Crippen LogP contribution in [0.2, 0.25) is 0 Å². The summed E-state index contributed by atoms with van der Waals surface area (Å²) in [5, 5.41) is 6.52. The van der Waals surface area contributed by atoms with Crippen LogP contribution < -0.4 is 5.32 Å². The van der Waals surface area contributed by atoms with Gasteiger partial charge >= 0.3 is 6.18 Å². The molecule has 2 heterocycles. The molecule has 0 aliphatic rings. The van der Waals surface area contributed by atoms with Crippen molar-refractivity contribution in [1.82, 2.24) is 19.7 Å². The fourth-order valence-electron chi connectivity index (χ4n) is 1.48. The molecule has 0 spiro atoms. The van der Waals surface area contributed by atoms with Crippen molar-refractivity contribution in [2.45, 2.75) is 19.5 Å². The Balaban J connectivity index is 2.43. The molecule has 2 rings (SSSR count). The van der Waals surface area contributed by atoms with Gasteiger partial charge in [0.2, 0.25) is 0 Å². The van der Waals surface area contributed by atoms with E-state index in [0.29, 0.717) is 23.9 Å². The zero-order chi connectivity index (χ0) is 14.0. The summed E-state index contributed by atoms with van der Waals surface area (Å²) < 4.78 is 38.6. The first kappa shape index (κ1) is 13.3. The Bertz CT molecular complexity index is 554. The summed E-state index contributed by atoms with van der Waals surface area (Å²) in [6.45, 7) is 1.86. The third kappa shape index (κ3) is 2.83. The molecule has 19 heavy (non-hydrogen) atoms. The van der Waals surface area contributed by atoms with Gasteiger partial charge in [-0.2, -0.15) is 18.3 Å². The lowest BCUT2D eigenvalue weighted by Gasteiger charge is -2.06. The average Bonchev–Trinajstić information content (AvgIpc) is 2.87. The minimum Gasteiger partial charge on any atom is -0.373 e. The van der Waals surface area contributed by atoms with Crippen molar-refractivity contribution < 1.29 is 13.2 Å². The largest absolute Gasteiger partial charge is 0.419 e. The number of aromatic nitrogens is 4. The molecule has 0 aliphatic heterocycles. The Hall–Kier alpha value is -2.12. The predicted molar refractivity (Wildman–Crippen MR) is 63.1 cm³/mol. The number of hydrogen-bond acceptors (Lipinski definition) is 4. The van der Waals surface area contributed by atoms with Crippen molar-refractivity contribution in [2.75, 3.05) is 12.4 Å². The molecule has 0 bridgehead atoms. The number of halogens is 3. The lowest BCUT2D eigenvalue weighted by molar-refractivity contribution is -0.137. The van der Waals surface area contributed by atoms with E-state index in [1.54, 1.807) is 7.05 Å². The second kappa shape index (κ2) is 4.87. The van der Waals surface area contributed by atoms with E-state index in [2.05, 4.69) is 20.4 Å². The molecule has 8 heteroatoms. The molecule has 1 N–H and O–H groups in total. The lowest BCUT2D eigenvalue weighted by Crippen LogP contribution is -2.06. The standard InChI is InChI=1S/C11H12F3N5/c1-3-8-17-9(15-2)4-10(18-8)19-6-7(5-16-19)11(12,13)14/h4-6H,3H2,1-2H3,(H,15,17,18). The quantitative estimate of drug-likeness (QED) is 0.930. The van der Waals surface area contributed by atoms with Crippen LogP contribution >= 0.6 is 0 Å². The van der Waals surface area contributed by atoms with Gasteiger partial charge in [-0.1, -0.05) is 6.92 Å². The summed E-state index contributed by atoms with van der Waals surface area (Å²) in [7, 11) is 1.68. The van der Waals surface area contributed by atoms with E-state index in [1.165, 1.54) is 6.07 Å². The Morgan fingerprint density at radius 3 is 2.58 bits per heavy atom. The van der Waals surface area contributed by atoms with Gasteiger partial charge in [0.1, 0.15) is 11.6 Å². The molecule has 2 aromatic heterocycles. The average molecular weight is 271 g/mol. The highest BCUT2D eigenvalue weighted by molar-refractivity contribution is 5.41. The maximum atomic E-state index is 12.5. The van der Waals surface area contributed by atoms with E-state index < -0.39 is 11.7 Å². The van der Waals surface area contributed by atoms with Crippen LogP contribution in [0.4, 0.5) is 19.0 Å². The summed E-state index contributed by atoms with van der Waals surface area (Å²) in [6, 6.07) is 1.53. The second-order valence-electron chi connectivity index (χ2n) is 3.80. The molecule has 0 radical (unpaired) electrons. The number of hydrogen-bond donors (Lipinski definition) is 1. The molecule has 0 unspecified atom stereocenters. The highest BCUT2D eigenvalue weighted by Crippen LogP contribution is 2.29. The summed E-state index contributed by atoms with van der Waals surface area (Å²) in [5.41, 5.74) is -0.810. The van der Waals surface area contributed by atoms with Gasteiger partial charge in [0.25, 0.3) is 0 Å². The number of nitrogens with zero attached hydrogens (tertiary/aromatic N) is 4. The Labute approximate surface area is 107 Å². The summed E-state index contributed by atoms with van der Waals surface area (Å²) >= 11 is 0. The first-order valence-corrected chi connectivity index (χ1v) is 5.62. The molecular formula is C11H12F3N5. The van der Waals surface area contributed by atoms with Crippen LogP contribution in [0, 0.1) is 0 Å². The molecule has 0 aliphatic carbocycles. The van der Waals surface area contributed by atoms with Crippen LogP contribution in [0.15, 0.2) is 18.5 Å². The molecule has 0 atom stereocenters. The van der Waals surface area contributed by atoms with Gasteiger partial charge < -0.3 is 5.32 Å². The van der Waals surface area contributed by atoms with Gasteiger partial charge in [-0.05, 0) is 0 Å². The fourth-order valence-corrected chi connectivity index (χ4v) is 1.48. The van der Waals surface area contributed by atoms with Crippen LogP contribution in [0.5, 0.6) is 0 Å². The monoisotopic (exact) mass is 271 g/mol. The highest BCUT2D eigenvalue weighted by Gasteiger charge is 2.32. The lowest BCUT2D eigenvalue weighted by atomic mass is 10.3. The Kier molecular flexibility index (Phi) is 3.41. The van der Waals surface area contributed by atoms with Crippen LogP contribution in [0.25, 0.3) is 5.82 Å². The van der Waals surface area contributed by atoms with Crippen molar-refractivity contribution in [1.29, 1.82) is 0 Å².